The molecule has 3 aromatic heterocycles. The number of ether oxygens (including phenoxy) is 5. The summed E-state index contributed by atoms with van der Waals surface area (Å²) in [5, 5.41) is 51.8. The van der Waals surface area contributed by atoms with Crippen molar-refractivity contribution in [3.63, 3.8) is 0 Å². The fourth-order valence-electron chi connectivity index (χ4n) is 10.3. The third-order valence-electron chi connectivity index (χ3n) is 15.1. The Morgan fingerprint density at radius 1 is 0.805 bits per heavy atom. The lowest BCUT2D eigenvalue weighted by atomic mass is 9.90. The summed E-state index contributed by atoms with van der Waals surface area (Å²) in [5.74, 6) is -2.75. The van der Waals surface area contributed by atoms with E-state index < -0.39 is 59.1 Å². The van der Waals surface area contributed by atoms with Crippen LogP contribution < -0.4 is 30.2 Å². The predicted molar refractivity (Wildman–Crippen MR) is 304 cm³/mol. The van der Waals surface area contributed by atoms with Crippen LogP contribution in [0.5, 0.6) is 17.2 Å². The van der Waals surface area contributed by atoms with E-state index in [0.717, 1.165) is 48.9 Å². The topological polar surface area (TPSA) is 226 Å². The first-order valence-corrected chi connectivity index (χ1v) is 28.7. The molecule has 1 fully saturated rings. The minimum atomic E-state index is -4.84. The summed E-state index contributed by atoms with van der Waals surface area (Å²) in [5.41, 5.74) is 2.00. The molecule has 466 valence electrons. The van der Waals surface area contributed by atoms with Gasteiger partial charge >= 0.3 is 12.5 Å². The number of halogens is 7. The smallest absolute Gasteiger partial charge is 0.489 e. The highest BCUT2D eigenvalue weighted by Gasteiger charge is 2.53. The summed E-state index contributed by atoms with van der Waals surface area (Å²) in [4.78, 5) is 26.6. The van der Waals surface area contributed by atoms with Crippen LogP contribution in [-0.2, 0) is 70.5 Å². The summed E-state index contributed by atoms with van der Waals surface area (Å²) in [6.07, 6.45) is -1.40. The van der Waals surface area contributed by atoms with E-state index in [1.165, 1.54) is 42.6 Å². The molecule has 6 N–H and O–H groups in total. The maximum Gasteiger partial charge on any atom is 0.586 e. The first-order chi connectivity index (χ1) is 41.6. The molecule has 25 heteroatoms. The summed E-state index contributed by atoms with van der Waals surface area (Å²) >= 11 is 0. The third-order valence-corrected chi connectivity index (χ3v) is 15.1. The second kappa shape index (κ2) is 28.0. The molecule has 1 atom stereocenters. The number of nitrogens with zero attached hydrogens (tertiary/aromatic N) is 5. The van der Waals surface area contributed by atoms with Gasteiger partial charge in [-0.05, 0) is 123 Å². The number of fused-ring (bicyclic) bond motifs is 2. The molecule has 0 radical (unpaired) electrons. The number of nitrogens with one attached hydrogen (secondary N) is 3. The van der Waals surface area contributed by atoms with Crippen LogP contribution in [0.2, 0.25) is 0 Å². The van der Waals surface area contributed by atoms with Gasteiger partial charge in [-0.25, -0.2) is 8.78 Å². The highest BCUT2D eigenvalue weighted by atomic mass is 19.4. The minimum Gasteiger partial charge on any atom is -0.489 e. The molecule has 0 bridgehead atoms. The van der Waals surface area contributed by atoms with Crippen LogP contribution in [0.15, 0.2) is 97.3 Å². The van der Waals surface area contributed by atoms with Gasteiger partial charge in [-0.2, -0.15) is 28.5 Å². The van der Waals surface area contributed by atoms with Crippen molar-refractivity contribution in [2.45, 2.75) is 127 Å². The lowest BCUT2D eigenvalue weighted by molar-refractivity contribution is -0.286. The number of carbonyl (C=O) groups excluding carboxylic acids is 2. The Labute approximate surface area is 496 Å². The Kier molecular flexibility index (Phi) is 20.5. The zero-order valence-corrected chi connectivity index (χ0v) is 48.0. The molecule has 9 rings (SSSR count). The van der Waals surface area contributed by atoms with Crippen LogP contribution in [0.25, 0.3) is 10.9 Å². The largest absolute Gasteiger partial charge is 0.586 e. The molecule has 18 nitrogen and oxygen atoms in total. The molecule has 4 aromatic carbocycles. The standard InChI is InChI=1S/C62H69F7N8O10/c1-59(2,56-27-41-26-51(50(64)29-52(41)77(56)34-47(80)35-79)73-58(82)60(17-18-60)44-11-16-54-55(28-44)87-62(68,69)86-54)38-84-23-7-3-6-22-83-37-46-13-12-45(74-75-46)33-76-32-43(31-72-76)57(81)71-19-5-4-8-39-10-15-53(42(24-39)30-70-20-21-78)85-36-40-9-14-49(63)48(25-40)61(65,66)67/h9-16,24-29,31-32,47,70,78-80H,3-8,17-23,30,33-38H2,1-2H3,(H,71,81)(H,73,82)/t47-/m1/s1. The molecule has 1 aliphatic carbocycles. The lowest BCUT2D eigenvalue weighted by Gasteiger charge is -2.27. The number of unbranched alkanes of at least 4 members (excludes halogenated alkanes) is 3. The van der Waals surface area contributed by atoms with Gasteiger partial charge in [-0.1, -0.05) is 38.1 Å². The molecule has 2 amide bonds. The zero-order valence-electron chi connectivity index (χ0n) is 48.0. The van der Waals surface area contributed by atoms with Crippen LogP contribution in [0.1, 0.15) is 114 Å². The third kappa shape index (κ3) is 16.5. The fourth-order valence-corrected chi connectivity index (χ4v) is 10.3. The number of aryl methyl sites for hydroxylation is 1. The van der Waals surface area contributed by atoms with E-state index in [2.05, 4.69) is 40.7 Å². The molecular weight excluding hydrogens is 1150 g/mol. The highest BCUT2D eigenvalue weighted by molar-refractivity contribution is 6.03. The summed E-state index contributed by atoms with van der Waals surface area (Å²) in [6.45, 7) is 5.92. The van der Waals surface area contributed by atoms with E-state index in [1.807, 2.05) is 44.2 Å². The number of aliphatic hydroxyl groups is 3. The quantitative estimate of drug-likeness (QED) is 0.0171. The van der Waals surface area contributed by atoms with E-state index in [1.54, 1.807) is 21.5 Å². The molecular formula is C62H69F7N8O10. The molecule has 4 heterocycles. The van der Waals surface area contributed by atoms with Crippen LogP contribution in [0.4, 0.5) is 36.4 Å². The fraction of sp³-hybridized carbons (Fsp3) is 0.435. The number of aromatic nitrogens is 5. The summed E-state index contributed by atoms with van der Waals surface area (Å²) in [7, 11) is 0. The van der Waals surface area contributed by atoms with Gasteiger partial charge in [0.25, 0.3) is 5.91 Å². The van der Waals surface area contributed by atoms with Gasteiger partial charge in [-0.3, -0.25) is 14.3 Å². The van der Waals surface area contributed by atoms with E-state index in [4.69, 9.17) is 14.2 Å². The van der Waals surface area contributed by atoms with E-state index in [-0.39, 0.29) is 68.2 Å². The van der Waals surface area contributed by atoms with Crippen molar-refractivity contribution in [1.29, 1.82) is 0 Å². The van der Waals surface area contributed by atoms with Crippen molar-refractivity contribution in [2.75, 3.05) is 51.4 Å². The Bertz CT molecular complexity index is 3500. The molecule has 2 aliphatic rings. The monoisotopic (exact) mass is 1220 g/mol. The number of hydrogen-bond donors (Lipinski definition) is 6. The molecule has 1 aliphatic heterocycles. The zero-order chi connectivity index (χ0) is 61.9. The molecule has 0 unspecified atom stereocenters. The van der Waals surface area contributed by atoms with Crippen LogP contribution >= 0.6 is 0 Å². The minimum absolute atomic E-state index is 0.0291. The molecule has 87 heavy (non-hydrogen) atoms. The van der Waals surface area contributed by atoms with Gasteiger partial charge in [0.15, 0.2) is 11.5 Å². The van der Waals surface area contributed by atoms with Crippen molar-refractivity contribution in [3.8, 4) is 17.2 Å². The number of amides is 2. The van der Waals surface area contributed by atoms with Gasteiger partial charge in [0.05, 0.1) is 91.0 Å². The summed E-state index contributed by atoms with van der Waals surface area (Å²) in [6, 6.07) is 20.7. The number of benzene rings is 4. The normalized spacial score (nSPS) is 14.6. The Morgan fingerprint density at radius 2 is 1.56 bits per heavy atom. The van der Waals surface area contributed by atoms with Crippen molar-refractivity contribution < 1.29 is 79.3 Å². The van der Waals surface area contributed by atoms with E-state index in [0.29, 0.717) is 103 Å². The molecule has 0 saturated heterocycles. The maximum absolute atomic E-state index is 15.9. The number of aliphatic hydroxyl groups excluding tert-OH is 3. The average Bonchev–Trinajstić information content (AvgIpc) is 1.76. The van der Waals surface area contributed by atoms with Crippen molar-refractivity contribution >= 4 is 28.4 Å². The maximum atomic E-state index is 15.9. The molecule has 7 aromatic rings. The van der Waals surface area contributed by atoms with Gasteiger partial charge in [0, 0.05) is 67.2 Å². The lowest BCUT2D eigenvalue weighted by Crippen LogP contribution is -2.30. The van der Waals surface area contributed by atoms with Gasteiger partial charge in [0.2, 0.25) is 5.91 Å². The molecule has 0 spiro atoms. The van der Waals surface area contributed by atoms with Gasteiger partial charge in [0.1, 0.15) is 24.0 Å². The Balaban J connectivity index is 0.661. The van der Waals surface area contributed by atoms with Crippen LogP contribution in [0, 0.1) is 11.6 Å². The van der Waals surface area contributed by atoms with Crippen molar-refractivity contribution in [2.24, 2.45) is 0 Å². The van der Waals surface area contributed by atoms with E-state index in [9.17, 15) is 51.3 Å². The second-order valence-electron chi connectivity index (χ2n) is 22.4. The second-order valence-corrected chi connectivity index (χ2v) is 22.4. The first kappa shape index (κ1) is 63.8. The predicted octanol–water partition coefficient (Wildman–Crippen LogP) is 9.41. The van der Waals surface area contributed by atoms with E-state index >= 15 is 4.39 Å². The average molecular weight is 1220 g/mol. The highest BCUT2D eigenvalue weighted by Crippen LogP contribution is 2.52. The van der Waals surface area contributed by atoms with Gasteiger partial charge in [-0.15, -0.1) is 8.78 Å². The van der Waals surface area contributed by atoms with Gasteiger partial charge < -0.3 is 59.5 Å². The van der Waals surface area contributed by atoms with Crippen LogP contribution in [0.3, 0.4) is 0 Å². The molecule has 1 saturated carbocycles. The number of alkyl halides is 5. The van der Waals surface area contributed by atoms with Crippen molar-refractivity contribution in [3.05, 3.63) is 159 Å². The van der Waals surface area contributed by atoms with Crippen LogP contribution in [-0.4, -0.2) is 110 Å². The Morgan fingerprint density at radius 3 is 2.31 bits per heavy atom. The number of rotatable bonds is 32. The number of hydrogen-bond acceptors (Lipinski definition) is 14. The van der Waals surface area contributed by atoms with Crippen molar-refractivity contribution in [1.82, 2.24) is 35.2 Å². The summed E-state index contributed by atoms with van der Waals surface area (Å²) < 4.78 is 127. The first-order valence-electron chi connectivity index (χ1n) is 28.7. The number of anilines is 1. The SMILES string of the molecule is CC(C)(COCCCCCOCc1ccc(Cn2cc(C(=O)NCCCCc3ccc(OCc4ccc(F)c(C(F)(F)F)c4)c(CNCCO)c3)cn2)nn1)c1cc2cc(NC(=O)C3(c4ccc5c(c4)OC(F)(F)O5)CC3)c(F)cc2n1C[C@@H](O)CO. The number of carbonyl (C=O) groups is 2. The Hall–Kier alpha value is -7.68.